The van der Waals surface area contributed by atoms with Gasteiger partial charge in [0.2, 0.25) is 0 Å². The Labute approximate surface area is 99.7 Å². The third-order valence-electron chi connectivity index (χ3n) is 2.50. The molecule has 1 atom stereocenters. The van der Waals surface area contributed by atoms with E-state index in [1.165, 1.54) is 6.26 Å². The van der Waals surface area contributed by atoms with Crippen molar-refractivity contribution in [2.75, 3.05) is 31.8 Å². The Morgan fingerprint density at radius 3 is 2.31 bits per heavy atom. The molecule has 0 aliphatic rings. The van der Waals surface area contributed by atoms with Crippen LogP contribution in [0.4, 0.5) is 0 Å². The second-order valence-electron chi connectivity index (χ2n) is 4.46. The smallest absolute Gasteiger partial charge is 0.149 e. The van der Waals surface area contributed by atoms with E-state index in [0.29, 0.717) is 25.2 Å². The van der Waals surface area contributed by atoms with Gasteiger partial charge in [0.1, 0.15) is 9.84 Å². The molecule has 16 heavy (non-hydrogen) atoms. The lowest BCUT2D eigenvalue weighted by Gasteiger charge is -2.20. The summed E-state index contributed by atoms with van der Waals surface area (Å²) in [5, 5.41) is 3.39. The fraction of sp³-hybridized carbons (Fsp3) is 1.00. The molecule has 0 rings (SSSR count). The van der Waals surface area contributed by atoms with Crippen LogP contribution in [-0.2, 0) is 14.6 Å². The van der Waals surface area contributed by atoms with Crippen molar-refractivity contribution in [2.45, 2.75) is 33.2 Å². The molecule has 0 amide bonds. The van der Waals surface area contributed by atoms with Crippen LogP contribution in [0, 0.1) is 5.92 Å². The number of sulfone groups is 1. The third-order valence-corrected chi connectivity index (χ3v) is 3.40. The van der Waals surface area contributed by atoms with Gasteiger partial charge in [-0.15, -0.1) is 0 Å². The molecule has 0 saturated heterocycles. The fourth-order valence-electron chi connectivity index (χ4n) is 1.48. The molecule has 0 aliphatic carbocycles. The minimum atomic E-state index is -2.89. The first kappa shape index (κ1) is 15.9. The highest BCUT2D eigenvalue weighted by Crippen LogP contribution is 2.04. The zero-order valence-electron chi connectivity index (χ0n) is 10.8. The van der Waals surface area contributed by atoms with E-state index in [-0.39, 0.29) is 5.75 Å². The summed E-state index contributed by atoms with van der Waals surface area (Å²) >= 11 is 0. The number of ether oxygens (including phenoxy) is 1. The molecular weight excluding hydrogens is 226 g/mol. The van der Waals surface area contributed by atoms with Crippen molar-refractivity contribution >= 4 is 9.84 Å². The van der Waals surface area contributed by atoms with Gasteiger partial charge in [0.15, 0.2) is 0 Å². The first-order chi connectivity index (χ1) is 7.37. The molecule has 1 unspecified atom stereocenters. The number of nitrogens with one attached hydrogen (secondary N) is 1. The van der Waals surface area contributed by atoms with Gasteiger partial charge in [-0.2, -0.15) is 0 Å². The number of hydrogen-bond donors (Lipinski definition) is 1. The highest BCUT2D eigenvalue weighted by Gasteiger charge is 2.09. The van der Waals surface area contributed by atoms with Gasteiger partial charge in [0.25, 0.3) is 0 Å². The van der Waals surface area contributed by atoms with Crippen LogP contribution in [0.3, 0.4) is 0 Å². The Kier molecular flexibility index (Phi) is 7.97. The van der Waals surface area contributed by atoms with Crippen LogP contribution in [0.2, 0.25) is 0 Å². The molecule has 5 heteroatoms. The van der Waals surface area contributed by atoms with Gasteiger partial charge in [-0.05, 0) is 12.3 Å². The Morgan fingerprint density at radius 1 is 1.25 bits per heavy atom. The van der Waals surface area contributed by atoms with Gasteiger partial charge >= 0.3 is 0 Å². The quantitative estimate of drug-likeness (QED) is 0.623. The van der Waals surface area contributed by atoms with Gasteiger partial charge in [0, 0.05) is 18.8 Å². The molecule has 0 bridgehead atoms. The van der Waals surface area contributed by atoms with E-state index in [4.69, 9.17) is 4.74 Å². The van der Waals surface area contributed by atoms with E-state index in [1.54, 1.807) is 0 Å². The fourth-order valence-corrected chi connectivity index (χ4v) is 1.90. The zero-order chi connectivity index (χ0) is 12.6. The molecule has 98 valence electrons. The lowest BCUT2D eigenvalue weighted by Crippen LogP contribution is -2.35. The van der Waals surface area contributed by atoms with E-state index < -0.39 is 9.84 Å². The summed E-state index contributed by atoms with van der Waals surface area (Å²) in [6.07, 6.45) is 2.32. The van der Waals surface area contributed by atoms with Crippen LogP contribution in [0.25, 0.3) is 0 Å². The zero-order valence-corrected chi connectivity index (χ0v) is 11.6. The van der Waals surface area contributed by atoms with Crippen molar-refractivity contribution < 1.29 is 13.2 Å². The normalized spacial score (nSPS) is 14.3. The molecule has 0 spiro atoms. The Hall–Kier alpha value is -0.130. The largest absolute Gasteiger partial charge is 0.379 e. The third kappa shape index (κ3) is 9.12. The van der Waals surface area contributed by atoms with Gasteiger partial charge in [0.05, 0.1) is 19.0 Å². The van der Waals surface area contributed by atoms with Crippen LogP contribution in [-0.4, -0.2) is 46.2 Å². The maximum absolute atomic E-state index is 10.8. The van der Waals surface area contributed by atoms with Gasteiger partial charge < -0.3 is 10.1 Å². The average Bonchev–Trinajstić information content (AvgIpc) is 2.14. The van der Waals surface area contributed by atoms with Crippen molar-refractivity contribution in [3.05, 3.63) is 0 Å². The van der Waals surface area contributed by atoms with Crippen molar-refractivity contribution in [1.82, 2.24) is 5.32 Å². The second-order valence-corrected chi connectivity index (χ2v) is 6.71. The van der Waals surface area contributed by atoms with Gasteiger partial charge in [-0.3, -0.25) is 0 Å². The molecule has 4 nitrogen and oxygen atoms in total. The molecule has 0 radical (unpaired) electrons. The predicted octanol–water partition coefficient (Wildman–Crippen LogP) is 1.07. The number of rotatable bonds is 9. The molecule has 0 aromatic rings. The van der Waals surface area contributed by atoms with Crippen molar-refractivity contribution in [3.63, 3.8) is 0 Å². The Bertz CT molecular complexity index is 262. The Morgan fingerprint density at radius 2 is 1.88 bits per heavy atom. The first-order valence-electron chi connectivity index (χ1n) is 5.85. The number of hydrogen-bond acceptors (Lipinski definition) is 4. The summed E-state index contributed by atoms with van der Waals surface area (Å²) in [5.41, 5.74) is 0. The van der Waals surface area contributed by atoms with Crippen molar-refractivity contribution in [3.8, 4) is 0 Å². The van der Waals surface area contributed by atoms with Crippen molar-refractivity contribution in [1.29, 1.82) is 0 Å². The van der Waals surface area contributed by atoms with Crippen LogP contribution >= 0.6 is 0 Å². The summed E-state index contributed by atoms with van der Waals surface area (Å²) in [6.45, 7) is 8.16. The summed E-state index contributed by atoms with van der Waals surface area (Å²) in [6, 6.07) is 0.513. The van der Waals surface area contributed by atoms with Crippen LogP contribution < -0.4 is 5.32 Å². The van der Waals surface area contributed by atoms with Crippen LogP contribution in [0.15, 0.2) is 0 Å². The van der Waals surface area contributed by atoms with Gasteiger partial charge in [-0.25, -0.2) is 8.42 Å². The van der Waals surface area contributed by atoms with E-state index in [2.05, 4.69) is 26.1 Å². The van der Waals surface area contributed by atoms with E-state index in [0.717, 1.165) is 13.0 Å². The summed E-state index contributed by atoms with van der Waals surface area (Å²) in [4.78, 5) is 0. The standard InChI is InChI=1S/C11H25NO3S/c1-5-11(10(2)3)12-6-7-15-8-9-16(4,13)14/h10-12H,5-9H2,1-4H3. The lowest BCUT2D eigenvalue weighted by atomic mass is 10.0. The molecule has 0 aromatic carbocycles. The molecular formula is C11H25NO3S. The van der Waals surface area contributed by atoms with Crippen LogP contribution in [0.5, 0.6) is 0 Å². The summed E-state index contributed by atoms with van der Waals surface area (Å²) < 4.78 is 26.9. The average molecular weight is 251 g/mol. The molecule has 0 saturated carbocycles. The minimum absolute atomic E-state index is 0.106. The Balaban J connectivity index is 3.46. The molecule has 1 N–H and O–H groups in total. The van der Waals surface area contributed by atoms with E-state index >= 15 is 0 Å². The van der Waals surface area contributed by atoms with Gasteiger partial charge in [-0.1, -0.05) is 20.8 Å². The van der Waals surface area contributed by atoms with Crippen LogP contribution in [0.1, 0.15) is 27.2 Å². The SMILES string of the molecule is CCC(NCCOCCS(C)(=O)=O)C(C)C. The summed E-state index contributed by atoms with van der Waals surface area (Å²) in [5.74, 6) is 0.718. The van der Waals surface area contributed by atoms with E-state index in [9.17, 15) is 8.42 Å². The lowest BCUT2D eigenvalue weighted by molar-refractivity contribution is 0.146. The monoisotopic (exact) mass is 251 g/mol. The predicted molar refractivity (Wildman–Crippen MR) is 67.4 cm³/mol. The topological polar surface area (TPSA) is 55.4 Å². The van der Waals surface area contributed by atoms with E-state index in [1.807, 2.05) is 0 Å². The molecule has 0 aromatic heterocycles. The maximum atomic E-state index is 10.8. The minimum Gasteiger partial charge on any atom is -0.379 e. The molecule has 0 aliphatic heterocycles. The molecule has 0 fully saturated rings. The highest BCUT2D eigenvalue weighted by molar-refractivity contribution is 7.90. The highest BCUT2D eigenvalue weighted by atomic mass is 32.2. The molecule has 0 heterocycles. The van der Waals surface area contributed by atoms with Crippen molar-refractivity contribution in [2.24, 2.45) is 5.92 Å². The first-order valence-corrected chi connectivity index (χ1v) is 7.91. The maximum Gasteiger partial charge on any atom is 0.149 e. The summed E-state index contributed by atoms with van der Waals surface area (Å²) in [7, 11) is -2.89. The second kappa shape index (κ2) is 8.03.